The van der Waals surface area contributed by atoms with Gasteiger partial charge < -0.3 is 24.7 Å². The molecule has 0 aromatic heterocycles. The molecule has 16 heavy (non-hydrogen) atoms. The van der Waals surface area contributed by atoms with Gasteiger partial charge in [-0.25, -0.2) is 4.79 Å². The molecule has 0 radical (unpaired) electrons. The molecule has 1 aliphatic rings. The third-order valence-corrected chi connectivity index (χ3v) is 1.76. The Morgan fingerprint density at radius 3 is 1.88 bits per heavy atom. The Hall–Kier alpha value is -0.785. The molecule has 0 atom stereocenters. The molecule has 1 aliphatic heterocycles. The summed E-state index contributed by atoms with van der Waals surface area (Å²) >= 11 is 0. The van der Waals surface area contributed by atoms with Crippen LogP contribution in [0.15, 0.2) is 0 Å². The lowest BCUT2D eigenvalue weighted by Gasteiger charge is -2.23. The van der Waals surface area contributed by atoms with Crippen LogP contribution in [0.1, 0.15) is 33.6 Å². The maximum absolute atomic E-state index is 11.4. The predicted molar refractivity (Wildman–Crippen MR) is 59.5 cm³/mol. The standard InChI is InChI=1S/C9H17NO2.BH3O3/c1-9(2,3)12-8(11)10-6-4-5-7-10;2-1(3)4/h4-7H2,1-3H3;2-4H. The van der Waals surface area contributed by atoms with Crippen molar-refractivity contribution in [1.29, 1.82) is 0 Å². The fourth-order valence-electron chi connectivity index (χ4n) is 1.23. The molecule has 6 nitrogen and oxygen atoms in total. The molecule has 94 valence electrons. The quantitative estimate of drug-likeness (QED) is 0.511. The molecular formula is C9H20BNO5. The van der Waals surface area contributed by atoms with Gasteiger partial charge in [-0.05, 0) is 33.6 Å². The van der Waals surface area contributed by atoms with Crippen LogP contribution in [0.25, 0.3) is 0 Å². The monoisotopic (exact) mass is 233 g/mol. The van der Waals surface area contributed by atoms with Gasteiger partial charge in [0.1, 0.15) is 5.60 Å². The zero-order valence-electron chi connectivity index (χ0n) is 10.0. The molecule has 0 unspecified atom stereocenters. The second-order valence-electron chi connectivity index (χ2n) is 4.52. The first-order valence-electron chi connectivity index (χ1n) is 5.24. The first-order chi connectivity index (χ1) is 7.22. The van der Waals surface area contributed by atoms with Gasteiger partial charge in [0, 0.05) is 13.1 Å². The number of carbonyl (C=O) groups is 1. The van der Waals surface area contributed by atoms with Gasteiger partial charge in [-0.2, -0.15) is 0 Å². The van der Waals surface area contributed by atoms with Crippen molar-refractivity contribution in [2.45, 2.75) is 39.2 Å². The summed E-state index contributed by atoms with van der Waals surface area (Å²) < 4.78 is 5.21. The number of nitrogens with zero attached hydrogens (tertiary/aromatic N) is 1. The van der Waals surface area contributed by atoms with E-state index in [9.17, 15) is 4.79 Å². The van der Waals surface area contributed by atoms with Crippen LogP contribution in [0.4, 0.5) is 4.79 Å². The first-order valence-corrected chi connectivity index (χ1v) is 5.24. The minimum atomic E-state index is -2.17. The van der Waals surface area contributed by atoms with Crippen molar-refractivity contribution in [1.82, 2.24) is 4.90 Å². The summed E-state index contributed by atoms with van der Waals surface area (Å²) in [7, 11) is -2.17. The molecule has 0 aliphatic carbocycles. The van der Waals surface area contributed by atoms with Gasteiger partial charge in [0.2, 0.25) is 0 Å². The lowest BCUT2D eigenvalue weighted by Crippen LogP contribution is -2.34. The van der Waals surface area contributed by atoms with E-state index in [0.29, 0.717) is 0 Å². The first kappa shape index (κ1) is 15.2. The van der Waals surface area contributed by atoms with Gasteiger partial charge >= 0.3 is 13.4 Å². The average Bonchev–Trinajstić information content (AvgIpc) is 2.49. The lowest BCUT2D eigenvalue weighted by atomic mass is 10.2. The molecule has 0 bridgehead atoms. The fraction of sp³-hybridized carbons (Fsp3) is 0.889. The summed E-state index contributed by atoms with van der Waals surface area (Å²) in [6.07, 6.45) is 2.05. The van der Waals surface area contributed by atoms with Gasteiger partial charge in [-0.1, -0.05) is 0 Å². The summed E-state index contributed by atoms with van der Waals surface area (Å²) in [6, 6.07) is 0. The van der Waals surface area contributed by atoms with E-state index >= 15 is 0 Å². The molecule has 0 aromatic rings. The number of hydrogen-bond donors (Lipinski definition) is 3. The van der Waals surface area contributed by atoms with Crippen LogP contribution in [0.2, 0.25) is 0 Å². The summed E-state index contributed by atoms with van der Waals surface area (Å²) in [6.45, 7) is 7.38. The van der Waals surface area contributed by atoms with Gasteiger partial charge in [-0.3, -0.25) is 0 Å². The fourth-order valence-corrected chi connectivity index (χ4v) is 1.23. The zero-order chi connectivity index (χ0) is 12.8. The Morgan fingerprint density at radius 2 is 1.56 bits per heavy atom. The topological polar surface area (TPSA) is 90.2 Å². The highest BCUT2D eigenvalue weighted by Gasteiger charge is 2.23. The smallest absolute Gasteiger partial charge is 0.444 e. The van der Waals surface area contributed by atoms with Crippen LogP contribution >= 0.6 is 0 Å². The van der Waals surface area contributed by atoms with Gasteiger partial charge in [0.15, 0.2) is 0 Å². The van der Waals surface area contributed by atoms with Crippen LogP contribution in [0.3, 0.4) is 0 Å². The Bertz CT molecular complexity index is 208. The highest BCUT2D eigenvalue weighted by atomic mass is 16.6. The number of ether oxygens (including phenoxy) is 1. The maximum Gasteiger partial charge on any atom is 0.631 e. The van der Waals surface area contributed by atoms with Gasteiger partial charge in [0.25, 0.3) is 0 Å². The molecule has 0 aromatic carbocycles. The highest BCUT2D eigenvalue weighted by molar-refractivity contribution is 6.30. The highest BCUT2D eigenvalue weighted by Crippen LogP contribution is 2.14. The molecule has 7 heteroatoms. The minimum Gasteiger partial charge on any atom is -0.444 e. The minimum absolute atomic E-state index is 0.167. The van der Waals surface area contributed by atoms with E-state index in [-0.39, 0.29) is 11.7 Å². The molecule has 3 N–H and O–H groups in total. The van der Waals surface area contributed by atoms with E-state index in [4.69, 9.17) is 19.8 Å². The van der Waals surface area contributed by atoms with Crippen molar-refractivity contribution in [2.75, 3.05) is 13.1 Å². The molecule has 0 spiro atoms. The SMILES string of the molecule is CC(C)(C)OC(=O)N1CCCC1.OB(O)O. The molecule has 1 amide bonds. The Labute approximate surface area is 96.0 Å². The van der Waals surface area contributed by atoms with Crippen molar-refractivity contribution < 1.29 is 24.6 Å². The van der Waals surface area contributed by atoms with Crippen molar-refractivity contribution in [3.63, 3.8) is 0 Å². The van der Waals surface area contributed by atoms with E-state index in [1.807, 2.05) is 20.8 Å². The molecule has 1 rings (SSSR count). The number of rotatable bonds is 0. The third kappa shape index (κ3) is 8.52. The lowest BCUT2D eigenvalue weighted by molar-refractivity contribution is 0.0295. The van der Waals surface area contributed by atoms with Crippen LogP contribution in [-0.2, 0) is 4.74 Å². The predicted octanol–water partition coefficient (Wildman–Crippen LogP) is -0.0345. The average molecular weight is 233 g/mol. The van der Waals surface area contributed by atoms with Crippen molar-refractivity contribution >= 4 is 13.4 Å². The van der Waals surface area contributed by atoms with E-state index in [2.05, 4.69) is 0 Å². The largest absolute Gasteiger partial charge is 0.631 e. The molecule has 1 heterocycles. The van der Waals surface area contributed by atoms with Gasteiger partial charge in [-0.15, -0.1) is 0 Å². The third-order valence-electron chi connectivity index (χ3n) is 1.76. The summed E-state index contributed by atoms with van der Waals surface area (Å²) in [5.74, 6) is 0. The molecule has 1 saturated heterocycles. The van der Waals surface area contributed by atoms with E-state index in [1.165, 1.54) is 0 Å². The number of likely N-dealkylation sites (tertiary alicyclic amines) is 1. The second-order valence-corrected chi connectivity index (χ2v) is 4.52. The van der Waals surface area contributed by atoms with Crippen LogP contribution in [0.5, 0.6) is 0 Å². The molecule has 1 fully saturated rings. The van der Waals surface area contributed by atoms with E-state index in [1.54, 1.807) is 4.90 Å². The molecular weight excluding hydrogens is 213 g/mol. The van der Waals surface area contributed by atoms with Crippen LogP contribution < -0.4 is 0 Å². The Morgan fingerprint density at radius 1 is 1.19 bits per heavy atom. The zero-order valence-corrected chi connectivity index (χ0v) is 10.0. The van der Waals surface area contributed by atoms with Gasteiger partial charge in [0.05, 0.1) is 0 Å². The maximum atomic E-state index is 11.4. The number of hydrogen-bond acceptors (Lipinski definition) is 5. The van der Waals surface area contributed by atoms with Crippen molar-refractivity contribution in [3.05, 3.63) is 0 Å². The van der Waals surface area contributed by atoms with Crippen molar-refractivity contribution in [2.24, 2.45) is 0 Å². The number of carbonyl (C=O) groups excluding carboxylic acids is 1. The summed E-state index contributed by atoms with van der Waals surface area (Å²) in [4.78, 5) is 13.1. The van der Waals surface area contributed by atoms with E-state index in [0.717, 1.165) is 25.9 Å². The Kier molecular flexibility index (Phi) is 6.39. The normalized spacial score (nSPS) is 15.2. The van der Waals surface area contributed by atoms with Crippen LogP contribution in [-0.4, -0.2) is 52.1 Å². The van der Waals surface area contributed by atoms with Crippen molar-refractivity contribution in [3.8, 4) is 0 Å². The summed E-state index contributed by atoms with van der Waals surface area (Å²) in [5, 5.41) is 21.5. The second kappa shape index (κ2) is 6.72. The van der Waals surface area contributed by atoms with Crippen LogP contribution in [0, 0.1) is 0 Å². The number of amides is 1. The molecule has 0 saturated carbocycles. The van der Waals surface area contributed by atoms with E-state index < -0.39 is 7.32 Å². The summed E-state index contributed by atoms with van der Waals surface area (Å²) in [5.41, 5.74) is -0.361. The Balaban J connectivity index is 0.000000487.